The lowest BCUT2D eigenvalue weighted by Crippen LogP contribution is -2.06. The second-order valence-electron chi connectivity index (χ2n) is 4.14. The molecule has 19 heavy (non-hydrogen) atoms. The molecule has 2 aromatic rings. The number of aromatic carboxylic acids is 1. The Morgan fingerprint density at radius 3 is 2.79 bits per heavy atom. The molecule has 0 unspecified atom stereocenters. The Bertz CT molecular complexity index is 593. The molecule has 0 saturated carbocycles. The summed E-state index contributed by atoms with van der Waals surface area (Å²) >= 11 is 0. The molecule has 0 spiro atoms. The van der Waals surface area contributed by atoms with Gasteiger partial charge in [-0.3, -0.25) is 4.98 Å². The number of aromatic nitrogens is 3. The van der Waals surface area contributed by atoms with Gasteiger partial charge in [-0.05, 0) is 26.0 Å². The van der Waals surface area contributed by atoms with Crippen LogP contribution in [-0.4, -0.2) is 26.0 Å². The third kappa shape index (κ3) is 3.48. The average Bonchev–Trinajstić information content (AvgIpc) is 2.35. The fourth-order valence-corrected chi connectivity index (χ4v) is 1.70. The van der Waals surface area contributed by atoms with Crippen molar-refractivity contribution in [1.82, 2.24) is 15.0 Å². The molecular weight excluding hydrogens is 244 g/mol. The van der Waals surface area contributed by atoms with E-state index < -0.39 is 5.97 Å². The van der Waals surface area contributed by atoms with Crippen LogP contribution in [0.5, 0.6) is 0 Å². The van der Waals surface area contributed by atoms with E-state index in [2.05, 4.69) is 20.3 Å². The Morgan fingerprint density at radius 2 is 2.11 bits per heavy atom. The molecular formula is C13H14N4O2. The summed E-state index contributed by atoms with van der Waals surface area (Å²) in [4.78, 5) is 23.4. The predicted octanol–water partition coefficient (Wildman–Crippen LogP) is 1.80. The van der Waals surface area contributed by atoms with E-state index in [0.29, 0.717) is 23.9 Å². The van der Waals surface area contributed by atoms with Crippen LogP contribution in [0.3, 0.4) is 0 Å². The zero-order valence-electron chi connectivity index (χ0n) is 10.7. The SMILES string of the molecule is Cc1cc(NCc2cc(C(=O)O)ccn2)nc(C)n1. The van der Waals surface area contributed by atoms with Crippen LogP contribution in [0.1, 0.15) is 27.6 Å². The van der Waals surface area contributed by atoms with E-state index in [0.717, 1.165) is 5.69 Å². The van der Waals surface area contributed by atoms with E-state index in [-0.39, 0.29) is 5.56 Å². The lowest BCUT2D eigenvalue weighted by Gasteiger charge is -2.07. The number of anilines is 1. The third-order valence-electron chi connectivity index (χ3n) is 2.48. The molecule has 0 radical (unpaired) electrons. The Balaban J connectivity index is 2.10. The largest absolute Gasteiger partial charge is 0.478 e. The van der Waals surface area contributed by atoms with Crippen molar-refractivity contribution in [2.45, 2.75) is 20.4 Å². The van der Waals surface area contributed by atoms with Crippen LogP contribution >= 0.6 is 0 Å². The maximum Gasteiger partial charge on any atom is 0.335 e. The van der Waals surface area contributed by atoms with Crippen LogP contribution in [-0.2, 0) is 6.54 Å². The zero-order valence-corrected chi connectivity index (χ0v) is 10.7. The van der Waals surface area contributed by atoms with Crippen molar-refractivity contribution in [1.29, 1.82) is 0 Å². The monoisotopic (exact) mass is 258 g/mol. The summed E-state index contributed by atoms with van der Waals surface area (Å²) in [7, 11) is 0. The van der Waals surface area contributed by atoms with Gasteiger partial charge < -0.3 is 10.4 Å². The highest BCUT2D eigenvalue weighted by atomic mass is 16.4. The van der Waals surface area contributed by atoms with Crippen molar-refractivity contribution < 1.29 is 9.90 Å². The Morgan fingerprint density at radius 1 is 1.32 bits per heavy atom. The molecule has 0 atom stereocenters. The minimum absolute atomic E-state index is 0.224. The molecule has 2 rings (SSSR count). The minimum atomic E-state index is -0.961. The summed E-state index contributed by atoms with van der Waals surface area (Å²) in [6.07, 6.45) is 1.48. The van der Waals surface area contributed by atoms with Gasteiger partial charge in [0, 0.05) is 18.0 Å². The van der Waals surface area contributed by atoms with Crippen LogP contribution in [0.25, 0.3) is 0 Å². The molecule has 0 amide bonds. The Labute approximate surface area is 110 Å². The second kappa shape index (κ2) is 5.43. The van der Waals surface area contributed by atoms with E-state index in [9.17, 15) is 4.79 Å². The zero-order chi connectivity index (χ0) is 13.8. The molecule has 2 N–H and O–H groups in total. The summed E-state index contributed by atoms with van der Waals surface area (Å²) in [5.74, 6) is 0.430. The fourth-order valence-electron chi connectivity index (χ4n) is 1.70. The molecule has 6 nitrogen and oxygen atoms in total. The van der Waals surface area contributed by atoms with E-state index in [1.165, 1.54) is 18.3 Å². The molecule has 0 bridgehead atoms. The van der Waals surface area contributed by atoms with Gasteiger partial charge in [-0.1, -0.05) is 0 Å². The number of carboxylic acids is 1. The summed E-state index contributed by atoms with van der Waals surface area (Å²) in [5, 5.41) is 12.0. The summed E-state index contributed by atoms with van der Waals surface area (Å²) in [6, 6.07) is 4.83. The number of nitrogens with zero attached hydrogens (tertiary/aromatic N) is 3. The molecule has 0 aliphatic rings. The molecule has 0 aliphatic heterocycles. The predicted molar refractivity (Wildman–Crippen MR) is 70.0 cm³/mol. The fraction of sp³-hybridized carbons (Fsp3) is 0.231. The van der Waals surface area contributed by atoms with Crippen molar-refractivity contribution in [3.63, 3.8) is 0 Å². The highest BCUT2D eigenvalue weighted by Crippen LogP contribution is 2.08. The quantitative estimate of drug-likeness (QED) is 0.869. The topological polar surface area (TPSA) is 88.0 Å². The van der Waals surface area contributed by atoms with Gasteiger partial charge in [0.25, 0.3) is 0 Å². The number of aryl methyl sites for hydroxylation is 2. The second-order valence-corrected chi connectivity index (χ2v) is 4.14. The van der Waals surface area contributed by atoms with E-state index in [1.807, 2.05) is 19.9 Å². The van der Waals surface area contributed by atoms with Crippen molar-refractivity contribution in [2.75, 3.05) is 5.32 Å². The Kier molecular flexibility index (Phi) is 3.70. The van der Waals surface area contributed by atoms with Gasteiger partial charge in [0.1, 0.15) is 11.6 Å². The number of rotatable bonds is 4. The van der Waals surface area contributed by atoms with Gasteiger partial charge >= 0.3 is 5.97 Å². The maximum atomic E-state index is 10.8. The number of pyridine rings is 1. The molecule has 2 heterocycles. The lowest BCUT2D eigenvalue weighted by molar-refractivity contribution is 0.0696. The first-order chi connectivity index (χ1) is 9.04. The molecule has 0 aliphatic carbocycles. The van der Waals surface area contributed by atoms with Crippen LogP contribution in [0.2, 0.25) is 0 Å². The van der Waals surface area contributed by atoms with Crippen molar-refractivity contribution >= 4 is 11.8 Å². The van der Waals surface area contributed by atoms with Gasteiger partial charge in [0.15, 0.2) is 0 Å². The summed E-state index contributed by atoms with van der Waals surface area (Å²) < 4.78 is 0. The molecule has 98 valence electrons. The molecule has 6 heteroatoms. The first-order valence-electron chi connectivity index (χ1n) is 5.79. The molecule has 0 fully saturated rings. The summed E-state index contributed by atoms with van der Waals surface area (Å²) in [5.41, 5.74) is 1.75. The first-order valence-corrected chi connectivity index (χ1v) is 5.79. The van der Waals surface area contributed by atoms with E-state index >= 15 is 0 Å². The van der Waals surface area contributed by atoms with Crippen LogP contribution in [0, 0.1) is 13.8 Å². The smallest absolute Gasteiger partial charge is 0.335 e. The number of carbonyl (C=O) groups is 1. The highest BCUT2D eigenvalue weighted by Gasteiger charge is 2.05. The van der Waals surface area contributed by atoms with Crippen LogP contribution in [0.4, 0.5) is 5.82 Å². The van der Waals surface area contributed by atoms with Gasteiger partial charge in [-0.15, -0.1) is 0 Å². The van der Waals surface area contributed by atoms with Crippen molar-refractivity contribution in [3.8, 4) is 0 Å². The van der Waals surface area contributed by atoms with Crippen molar-refractivity contribution in [3.05, 3.63) is 47.2 Å². The maximum absolute atomic E-state index is 10.8. The first kappa shape index (κ1) is 12.9. The summed E-state index contributed by atoms with van der Waals surface area (Å²) in [6.45, 7) is 4.13. The van der Waals surface area contributed by atoms with Crippen molar-refractivity contribution in [2.24, 2.45) is 0 Å². The molecule has 0 aromatic carbocycles. The Hall–Kier alpha value is -2.50. The van der Waals surface area contributed by atoms with Crippen LogP contribution < -0.4 is 5.32 Å². The number of nitrogens with one attached hydrogen (secondary N) is 1. The minimum Gasteiger partial charge on any atom is -0.478 e. The number of carboxylic acid groups (broad SMARTS) is 1. The van der Waals surface area contributed by atoms with Gasteiger partial charge in [0.05, 0.1) is 17.8 Å². The van der Waals surface area contributed by atoms with Gasteiger partial charge in [0.2, 0.25) is 0 Å². The molecule has 0 saturated heterocycles. The number of hydrogen-bond acceptors (Lipinski definition) is 5. The van der Waals surface area contributed by atoms with Crippen LogP contribution in [0.15, 0.2) is 24.4 Å². The van der Waals surface area contributed by atoms with E-state index in [4.69, 9.17) is 5.11 Å². The van der Waals surface area contributed by atoms with Gasteiger partial charge in [-0.2, -0.15) is 0 Å². The lowest BCUT2D eigenvalue weighted by atomic mass is 10.2. The normalized spacial score (nSPS) is 10.2. The molecule has 2 aromatic heterocycles. The van der Waals surface area contributed by atoms with E-state index in [1.54, 1.807) is 0 Å². The average molecular weight is 258 g/mol. The van der Waals surface area contributed by atoms with Gasteiger partial charge in [-0.25, -0.2) is 14.8 Å². The highest BCUT2D eigenvalue weighted by molar-refractivity contribution is 5.87. The third-order valence-corrected chi connectivity index (χ3v) is 2.48. The number of hydrogen-bond donors (Lipinski definition) is 2. The standard InChI is InChI=1S/C13H14N4O2/c1-8-5-12(17-9(2)16-8)15-7-11-6-10(13(18)19)3-4-14-11/h3-6H,7H2,1-2H3,(H,18,19)(H,15,16,17).